The fraction of sp³-hybridized carbons (Fsp3) is 0.278. The molecule has 4 aromatic rings. The van der Waals surface area contributed by atoms with Crippen molar-refractivity contribution in [2.45, 2.75) is 62.0 Å². The van der Waals surface area contributed by atoms with Crippen LogP contribution in [0.15, 0.2) is 117 Å². The van der Waals surface area contributed by atoms with E-state index in [1.54, 1.807) is 36.4 Å². The van der Waals surface area contributed by atoms with E-state index in [-0.39, 0.29) is 29.8 Å². The zero-order valence-corrected chi connectivity index (χ0v) is 29.7. The lowest BCUT2D eigenvalue weighted by Gasteiger charge is -2.34. The summed E-state index contributed by atoms with van der Waals surface area (Å²) >= 11 is 4.98. The van der Waals surface area contributed by atoms with E-state index >= 15 is 0 Å². The van der Waals surface area contributed by atoms with Gasteiger partial charge < -0.3 is 10.2 Å². The number of halogens is 1. The minimum Gasteiger partial charge on any atom is -0.352 e. The highest BCUT2D eigenvalue weighted by atomic mass is 79.9. The van der Waals surface area contributed by atoms with Crippen molar-refractivity contribution in [3.05, 3.63) is 124 Å². The molecule has 0 heterocycles. The van der Waals surface area contributed by atoms with Gasteiger partial charge in [0.25, 0.3) is 10.0 Å². The number of anilines is 1. The summed E-state index contributed by atoms with van der Waals surface area (Å²) in [5.41, 5.74) is 3.01. The molecule has 10 heteroatoms. The molecule has 1 N–H and O–H groups in total. The van der Waals surface area contributed by atoms with Crippen LogP contribution in [0.1, 0.15) is 37.0 Å². The maximum atomic E-state index is 14.6. The molecule has 2 amide bonds. The number of nitrogens with one attached hydrogen (secondary N) is 1. The van der Waals surface area contributed by atoms with Crippen LogP contribution in [0.4, 0.5) is 5.69 Å². The van der Waals surface area contributed by atoms with Crippen LogP contribution in [0.25, 0.3) is 0 Å². The average Bonchev–Trinajstić information content (AvgIpc) is 3.06. The lowest BCUT2D eigenvalue weighted by molar-refractivity contribution is -0.140. The maximum absolute atomic E-state index is 14.6. The van der Waals surface area contributed by atoms with E-state index in [2.05, 4.69) is 21.2 Å². The summed E-state index contributed by atoms with van der Waals surface area (Å²) in [6.45, 7) is 5.44. The zero-order valence-electron chi connectivity index (χ0n) is 26.5. The van der Waals surface area contributed by atoms with Crippen LogP contribution < -0.4 is 9.62 Å². The van der Waals surface area contributed by atoms with E-state index in [4.69, 9.17) is 0 Å². The van der Waals surface area contributed by atoms with Crippen LogP contribution in [0, 0.1) is 6.92 Å². The van der Waals surface area contributed by atoms with Gasteiger partial charge in [0.15, 0.2) is 0 Å². The Bertz CT molecular complexity index is 1700. The number of carbonyl (C=O) groups is 2. The maximum Gasteiger partial charge on any atom is 0.264 e. The molecule has 46 heavy (non-hydrogen) atoms. The number of benzene rings is 4. The van der Waals surface area contributed by atoms with Crippen LogP contribution in [0.5, 0.6) is 0 Å². The number of aryl methyl sites for hydroxylation is 1. The Morgan fingerprint density at radius 2 is 1.50 bits per heavy atom. The topological polar surface area (TPSA) is 86.8 Å². The molecule has 0 saturated heterocycles. The second-order valence-corrected chi connectivity index (χ2v) is 14.9. The summed E-state index contributed by atoms with van der Waals surface area (Å²) < 4.78 is 30.5. The number of nitrogens with zero attached hydrogens (tertiary/aromatic N) is 2. The number of amides is 2. The van der Waals surface area contributed by atoms with E-state index in [1.807, 2.05) is 93.8 Å². The minimum absolute atomic E-state index is 0.0773. The molecule has 7 nitrogen and oxygen atoms in total. The number of carbonyl (C=O) groups excluding carboxylic acids is 2. The third-order valence-electron chi connectivity index (χ3n) is 7.79. The summed E-state index contributed by atoms with van der Waals surface area (Å²) in [6, 6.07) is 29.7. The van der Waals surface area contributed by atoms with E-state index < -0.39 is 28.5 Å². The smallest absolute Gasteiger partial charge is 0.264 e. The molecule has 4 rings (SSSR count). The van der Waals surface area contributed by atoms with E-state index in [0.29, 0.717) is 5.69 Å². The van der Waals surface area contributed by atoms with Crippen LogP contribution in [0.3, 0.4) is 0 Å². The predicted octanol–water partition coefficient (Wildman–Crippen LogP) is 7.23. The minimum atomic E-state index is -4.16. The summed E-state index contributed by atoms with van der Waals surface area (Å²) in [6.07, 6.45) is 2.90. The highest BCUT2D eigenvalue weighted by Crippen LogP contribution is 2.27. The molecule has 0 aliphatic rings. The Balaban J connectivity index is 1.80. The van der Waals surface area contributed by atoms with Gasteiger partial charge in [0, 0.05) is 28.4 Å². The van der Waals surface area contributed by atoms with Gasteiger partial charge in [0.1, 0.15) is 12.6 Å². The van der Waals surface area contributed by atoms with Crippen molar-refractivity contribution in [3.63, 3.8) is 0 Å². The monoisotopic (exact) mass is 721 g/mol. The van der Waals surface area contributed by atoms with Crippen LogP contribution in [0.2, 0.25) is 0 Å². The Kier molecular flexibility index (Phi) is 12.5. The molecule has 242 valence electrons. The van der Waals surface area contributed by atoms with Gasteiger partial charge in [0.2, 0.25) is 11.8 Å². The van der Waals surface area contributed by atoms with E-state index in [9.17, 15) is 18.0 Å². The third kappa shape index (κ3) is 9.24. The lowest BCUT2D eigenvalue weighted by Crippen LogP contribution is -2.54. The van der Waals surface area contributed by atoms with Crippen molar-refractivity contribution < 1.29 is 18.0 Å². The second kappa shape index (κ2) is 16.3. The standard InChI is InChI=1S/C36H40BrN3O4S2/c1-5-27(3)38-36(42)34(23-28-9-7-6-8-10-28)39(24-29-13-15-30(37)16-14-29)35(41)25-40(31-17-11-26(2)12-18-31)46(43,44)33-21-19-32(45-4)20-22-33/h6-22,27,34H,5,23-25H2,1-4H3,(H,38,42)/t27-,34-/m1/s1. The molecular weight excluding hydrogens is 682 g/mol. The SMILES string of the molecule is CC[C@@H](C)NC(=O)[C@@H](Cc1ccccc1)N(Cc1ccc(Br)cc1)C(=O)CN(c1ccc(C)cc1)S(=O)(=O)c1ccc(SC)cc1. The Morgan fingerprint density at radius 1 is 0.870 bits per heavy atom. The molecule has 0 unspecified atom stereocenters. The van der Waals surface area contributed by atoms with Gasteiger partial charge >= 0.3 is 0 Å². The Labute approximate surface area is 285 Å². The molecule has 2 atom stereocenters. The van der Waals surface area contributed by atoms with Crippen LogP contribution in [-0.2, 0) is 32.6 Å². The molecule has 0 saturated carbocycles. The number of thioether (sulfide) groups is 1. The highest BCUT2D eigenvalue weighted by Gasteiger charge is 2.35. The van der Waals surface area contributed by atoms with Gasteiger partial charge in [-0.3, -0.25) is 13.9 Å². The Morgan fingerprint density at radius 3 is 2.09 bits per heavy atom. The van der Waals surface area contributed by atoms with Crippen LogP contribution in [-0.4, -0.2) is 50.0 Å². The summed E-state index contributed by atoms with van der Waals surface area (Å²) in [7, 11) is -4.16. The van der Waals surface area contributed by atoms with Crippen molar-refractivity contribution in [2.24, 2.45) is 0 Å². The quantitative estimate of drug-likeness (QED) is 0.139. The third-order valence-corrected chi connectivity index (χ3v) is 10.8. The molecular formula is C36H40BrN3O4S2. The van der Waals surface area contributed by atoms with Gasteiger partial charge in [-0.25, -0.2) is 8.42 Å². The fourth-order valence-electron chi connectivity index (χ4n) is 4.90. The second-order valence-electron chi connectivity index (χ2n) is 11.2. The van der Waals surface area contributed by atoms with Gasteiger partial charge in [0.05, 0.1) is 10.6 Å². The number of sulfonamides is 1. The molecule has 0 aliphatic carbocycles. The molecule has 4 aromatic carbocycles. The van der Waals surface area contributed by atoms with Crippen molar-refractivity contribution in [1.29, 1.82) is 0 Å². The molecule has 0 spiro atoms. The molecule has 0 bridgehead atoms. The van der Waals surface area contributed by atoms with Gasteiger partial charge in [-0.2, -0.15) is 0 Å². The number of rotatable bonds is 14. The first-order valence-corrected chi connectivity index (χ1v) is 18.6. The first kappa shape index (κ1) is 35.3. The van der Waals surface area contributed by atoms with Crippen molar-refractivity contribution in [1.82, 2.24) is 10.2 Å². The average molecular weight is 723 g/mol. The fourth-order valence-corrected chi connectivity index (χ4v) is 6.98. The molecule has 0 fully saturated rings. The van der Waals surface area contributed by atoms with Gasteiger partial charge in [-0.1, -0.05) is 83.0 Å². The van der Waals surface area contributed by atoms with Crippen molar-refractivity contribution >= 4 is 55.2 Å². The zero-order chi connectivity index (χ0) is 33.3. The molecule has 0 aliphatic heterocycles. The first-order chi connectivity index (χ1) is 22.0. The summed E-state index contributed by atoms with van der Waals surface area (Å²) in [5, 5.41) is 3.06. The van der Waals surface area contributed by atoms with Crippen molar-refractivity contribution in [3.8, 4) is 0 Å². The first-order valence-electron chi connectivity index (χ1n) is 15.1. The molecule has 0 aromatic heterocycles. The number of hydrogen-bond donors (Lipinski definition) is 1. The number of hydrogen-bond acceptors (Lipinski definition) is 5. The van der Waals surface area contributed by atoms with Crippen molar-refractivity contribution in [2.75, 3.05) is 17.1 Å². The highest BCUT2D eigenvalue weighted by molar-refractivity contribution is 9.10. The Hall–Kier alpha value is -3.60. The van der Waals surface area contributed by atoms with Crippen LogP contribution >= 0.6 is 27.7 Å². The van der Waals surface area contributed by atoms with E-state index in [1.165, 1.54) is 16.7 Å². The largest absolute Gasteiger partial charge is 0.352 e. The normalized spacial score (nSPS) is 12.6. The molecule has 0 radical (unpaired) electrons. The summed E-state index contributed by atoms with van der Waals surface area (Å²) in [4.78, 5) is 31.0. The summed E-state index contributed by atoms with van der Waals surface area (Å²) in [5.74, 6) is -0.783. The predicted molar refractivity (Wildman–Crippen MR) is 190 cm³/mol. The van der Waals surface area contributed by atoms with Gasteiger partial charge in [-0.05, 0) is 86.2 Å². The lowest BCUT2D eigenvalue weighted by atomic mass is 10.0. The van der Waals surface area contributed by atoms with E-state index in [0.717, 1.165) is 36.8 Å². The van der Waals surface area contributed by atoms with Gasteiger partial charge in [-0.15, -0.1) is 11.8 Å².